The second-order valence-corrected chi connectivity index (χ2v) is 3.48. The Bertz CT molecular complexity index is 252. The van der Waals surface area contributed by atoms with Crippen LogP contribution in [0.5, 0.6) is 0 Å². The molecule has 0 radical (unpaired) electrons. The molecule has 0 rings (SSSR count). The Labute approximate surface area is 96.0 Å². The number of carboxylic acids is 1. The van der Waals surface area contributed by atoms with Crippen LogP contribution in [0.15, 0.2) is 0 Å². The summed E-state index contributed by atoms with van der Waals surface area (Å²) in [6.45, 7) is 0.402. The zero-order chi connectivity index (χ0) is 12.2. The molecule has 0 bridgehead atoms. The fourth-order valence-electron chi connectivity index (χ4n) is 1.13. The van der Waals surface area contributed by atoms with E-state index in [1.165, 1.54) is 0 Å². The number of hydrogen-bond acceptors (Lipinski definition) is 3. The van der Waals surface area contributed by atoms with Crippen molar-refractivity contribution in [3.05, 3.63) is 0 Å². The molecule has 0 aliphatic heterocycles. The number of esters is 1. The van der Waals surface area contributed by atoms with Crippen LogP contribution in [0.25, 0.3) is 0 Å². The van der Waals surface area contributed by atoms with Gasteiger partial charge in [0, 0.05) is 19.3 Å². The molecule has 0 saturated heterocycles. The first-order valence-corrected chi connectivity index (χ1v) is 5.47. The van der Waals surface area contributed by atoms with E-state index in [-0.39, 0.29) is 12.4 Å². The third-order valence-electron chi connectivity index (χ3n) is 2.00. The summed E-state index contributed by atoms with van der Waals surface area (Å²) in [5.74, 6) is 1.42. The summed E-state index contributed by atoms with van der Waals surface area (Å²) in [5.41, 5.74) is 0. The van der Waals surface area contributed by atoms with Gasteiger partial charge < -0.3 is 9.84 Å². The van der Waals surface area contributed by atoms with E-state index >= 15 is 0 Å². The van der Waals surface area contributed by atoms with Crippen molar-refractivity contribution in [3.8, 4) is 12.3 Å². The topological polar surface area (TPSA) is 63.6 Å². The Morgan fingerprint density at radius 2 is 1.81 bits per heavy atom. The van der Waals surface area contributed by atoms with Crippen molar-refractivity contribution in [1.82, 2.24) is 0 Å². The maximum Gasteiger partial charge on any atom is 0.305 e. The number of carbonyl (C=O) groups is 2. The van der Waals surface area contributed by atoms with E-state index in [2.05, 4.69) is 5.92 Å². The monoisotopic (exact) mass is 226 g/mol. The Morgan fingerprint density at radius 1 is 1.12 bits per heavy atom. The molecule has 0 heterocycles. The highest BCUT2D eigenvalue weighted by molar-refractivity contribution is 5.69. The van der Waals surface area contributed by atoms with Crippen molar-refractivity contribution in [2.45, 2.75) is 44.9 Å². The maximum atomic E-state index is 11.1. The van der Waals surface area contributed by atoms with E-state index in [0.717, 1.165) is 12.8 Å². The van der Waals surface area contributed by atoms with Crippen LogP contribution in [0, 0.1) is 12.3 Å². The molecular weight excluding hydrogens is 208 g/mol. The predicted molar refractivity (Wildman–Crippen MR) is 59.7 cm³/mol. The average molecular weight is 226 g/mol. The van der Waals surface area contributed by atoms with Gasteiger partial charge in [-0.05, 0) is 25.7 Å². The first-order chi connectivity index (χ1) is 7.66. The highest BCUT2D eigenvalue weighted by Gasteiger charge is 2.03. The van der Waals surface area contributed by atoms with Gasteiger partial charge in [0.15, 0.2) is 0 Å². The van der Waals surface area contributed by atoms with Crippen molar-refractivity contribution >= 4 is 11.9 Å². The summed E-state index contributed by atoms with van der Waals surface area (Å²) in [4.78, 5) is 21.3. The highest BCUT2D eigenvalue weighted by atomic mass is 16.5. The van der Waals surface area contributed by atoms with Crippen LogP contribution >= 0.6 is 0 Å². The molecule has 0 amide bonds. The van der Waals surface area contributed by atoms with Crippen LogP contribution in [0.3, 0.4) is 0 Å². The largest absolute Gasteiger partial charge is 0.481 e. The van der Waals surface area contributed by atoms with Gasteiger partial charge in [0.05, 0.1) is 6.61 Å². The third kappa shape index (κ3) is 10.6. The lowest BCUT2D eigenvalue weighted by Crippen LogP contribution is -2.06. The van der Waals surface area contributed by atoms with Crippen molar-refractivity contribution in [2.75, 3.05) is 6.61 Å². The van der Waals surface area contributed by atoms with Crippen molar-refractivity contribution in [1.29, 1.82) is 0 Å². The summed E-state index contributed by atoms with van der Waals surface area (Å²) in [5, 5.41) is 8.37. The standard InChI is InChI=1S/C12H18O4/c1-2-3-4-7-10-16-12(15)9-6-5-8-11(13)14/h1H,3-10H2,(H,13,14). The van der Waals surface area contributed by atoms with Gasteiger partial charge in [0.1, 0.15) is 0 Å². The number of carbonyl (C=O) groups excluding carboxylic acids is 1. The van der Waals surface area contributed by atoms with Gasteiger partial charge in [0.25, 0.3) is 0 Å². The number of unbranched alkanes of at least 4 members (excludes halogenated alkanes) is 3. The fraction of sp³-hybridized carbons (Fsp3) is 0.667. The molecule has 4 heteroatoms. The third-order valence-corrected chi connectivity index (χ3v) is 2.00. The lowest BCUT2D eigenvalue weighted by molar-refractivity contribution is -0.144. The molecule has 0 spiro atoms. The summed E-state index contributed by atoms with van der Waals surface area (Å²) in [6, 6.07) is 0. The van der Waals surface area contributed by atoms with Crippen LogP contribution < -0.4 is 0 Å². The van der Waals surface area contributed by atoms with Gasteiger partial charge in [-0.3, -0.25) is 9.59 Å². The number of aliphatic carboxylic acids is 1. The van der Waals surface area contributed by atoms with Crippen molar-refractivity contribution in [3.63, 3.8) is 0 Å². The molecule has 0 fully saturated rings. The van der Waals surface area contributed by atoms with Crippen molar-refractivity contribution in [2.24, 2.45) is 0 Å². The molecule has 0 aliphatic carbocycles. The molecule has 0 aliphatic rings. The zero-order valence-electron chi connectivity index (χ0n) is 9.41. The van der Waals surface area contributed by atoms with E-state index in [1.807, 2.05) is 0 Å². The number of rotatable bonds is 9. The number of terminal acetylenes is 1. The number of hydrogen-bond donors (Lipinski definition) is 1. The molecule has 4 nitrogen and oxygen atoms in total. The Morgan fingerprint density at radius 3 is 2.44 bits per heavy atom. The normalized spacial score (nSPS) is 9.44. The second-order valence-electron chi connectivity index (χ2n) is 3.48. The molecule has 0 atom stereocenters. The van der Waals surface area contributed by atoms with Gasteiger partial charge in [-0.2, -0.15) is 0 Å². The molecular formula is C12H18O4. The summed E-state index contributed by atoms with van der Waals surface area (Å²) in [6.07, 6.45) is 8.90. The minimum absolute atomic E-state index is 0.107. The van der Waals surface area contributed by atoms with E-state index in [4.69, 9.17) is 16.3 Å². The second kappa shape index (κ2) is 10.0. The average Bonchev–Trinajstić information content (AvgIpc) is 2.24. The summed E-state index contributed by atoms with van der Waals surface area (Å²) < 4.78 is 4.94. The van der Waals surface area contributed by atoms with Crippen LogP contribution in [0.2, 0.25) is 0 Å². The zero-order valence-corrected chi connectivity index (χ0v) is 9.41. The van der Waals surface area contributed by atoms with Gasteiger partial charge >= 0.3 is 11.9 Å². The Hall–Kier alpha value is -1.50. The quantitative estimate of drug-likeness (QED) is 0.371. The first kappa shape index (κ1) is 14.5. The first-order valence-electron chi connectivity index (χ1n) is 5.47. The molecule has 0 unspecified atom stereocenters. The Balaban J connectivity index is 3.25. The highest BCUT2D eigenvalue weighted by Crippen LogP contribution is 2.02. The van der Waals surface area contributed by atoms with Crippen LogP contribution in [0.4, 0.5) is 0 Å². The maximum absolute atomic E-state index is 11.1. The lowest BCUT2D eigenvalue weighted by Gasteiger charge is -2.03. The number of ether oxygens (including phenoxy) is 1. The minimum Gasteiger partial charge on any atom is -0.481 e. The van der Waals surface area contributed by atoms with Gasteiger partial charge in [-0.15, -0.1) is 12.3 Å². The van der Waals surface area contributed by atoms with Gasteiger partial charge in [-0.25, -0.2) is 0 Å². The van der Waals surface area contributed by atoms with Crippen LogP contribution in [0.1, 0.15) is 44.9 Å². The molecule has 0 saturated carbocycles. The number of carboxylic acid groups (broad SMARTS) is 1. The predicted octanol–water partition coefficient (Wildman–Crippen LogP) is 1.98. The van der Waals surface area contributed by atoms with Crippen molar-refractivity contribution < 1.29 is 19.4 Å². The molecule has 0 aromatic rings. The summed E-state index contributed by atoms with van der Waals surface area (Å²) in [7, 11) is 0. The lowest BCUT2D eigenvalue weighted by atomic mass is 10.2. The molecule has 16 heavy (non-hydrogen) atoms. The van der Waals surface area contributed by atoms with Crippen LogP contribution in [-0.2, 0) is 14.3 Å². The molecule has 1 N–H and O–H groups in total. The van der Waals surface area contributed by atoms with E-state index in [1.54, 1.807) is 0 Å². The summed E-state index contributed by atoms with van der Waals surface area (Å²) >= 11 is 0. The molecule has 0 aromatic heterocycles. The molecule has 90 valence electrons. The molecule has 0 aromatic carbocycles. The smallest absolute Gasteiger partial charge is 0.305 e. The SMILES string of the molecule is C#CCCCCOC(=O)CCCCC(=O)O. The fourth-order valence-corrected chi connectivity index (χ4v) is 1.13. The van der Waals surface area contributed by atoms with E-state index < -0.39 is 5.97 Å². The Kier molecular flexibility index (Phi) is 9.09. The van der Waals surface area contributed by atoms with Gasteiger partial charge in [-0.1, -0.05) is 0 Å². The van der Waals surface area contributed by atoms with Crippen LogP contribution in [-0.4, -0.2) is 23.7 Å². The van der Waals surface area contributed by atoms with Gasteiger partial charge in [0.2, 0.25) is 0 Å². The van der Waals surface area contributed by atoms with E-state index in [9.17, 15) is 9.59 Å². The minimum atomic E-state index is -0.831. The van der Waals surface area contributed by atoms with E-state index in [0.29, 0.717) is 32.3 Å².